The second-order valence-corrected chi connectivity index (χ2v) is 8.10. The lowest BCUT2D eigenvalue weighted by molar-refractivity contribution is -0.137. The summed E-state index contributed by atoms with van der Waals surface area (Å²) in [5.41, 5.74) is 1.02. The van der Waals surface area contributed by atoms with E-state index in [2.05, 4.69) is 5.32 Å². The lowest BCUT2D eigenvalue weighted by atomic mass is 10.2. The third-order valence-corrected chi connectivity index (χ3v) is 6.36. The molecule has 1 aliphatic rings. The van der Waals surface area contributed by atoms with Crippen molar-refractivity contribution in [2.45, 2.75) is 31.1 Å². The van der Waals surface area contributed by atoms with Gasteiger partial charge in [-0.3, -0.25) is 9.59 Å². The average molecular weight is 370 g/mol. The molecular formula is C17H23NO4S2. The molecule has 1 saturated heterocycles. The van der Waals surface area contributed by atoms with Crippen LogP contribution in [0.5, 0.6) is 5.75 Å². The molecule has 0 saturated carbocycles. The van der Waals surface area contributed by atoms with Gasteiger partial charge >= 0.3 is 5.97 Å². The Morgan fingerprint density at radius 2 is 2.04 bits per heavy atom. The zero-order valence-corrected chi connectivity index (χ0v) is 15.2. The van der Waals surface area contributed by atoms with Gasteiger partial charge in [0.05, 0.1) is 6.61 Å². The second kappa shape index (κ2) is 10.5. The van der Waals surface area contributed by atoms with Gasteiger partial charge < -0.3 is 15.2 Å². The smallest absolute Gasteiger partial charge is 0.303 e. The van der Waals surface area contributed by atoms with Crippen molar-refractivity contribution in [3.05, 3.63) is 29.8 Å². The molecule has 5 nitrogen and oxygen atoms in total. The van der Waals surface area contributed by atoms with Gasteiger partial charge in [-0.25, -0.2) is 0 Å². The summed E-state index contributed by atoms with van der Waals surface area (Å²) < 4.78 is 5.48. The number of ether oxygens (including phenoxy) is 1. The van der Waals surface area contributed by atoms with Crippen LogP contribution in [-0.4, -0.2) is 46.1 Å². The van der Waals surface area contributed by atoms with Gasteiger partial charge in [0.2, 0.25) is 5.91 Å². The Balaban J connectivity index is 1.65. The Morgan fingerprint density at radius 1 is 1.25 bits per heavy atom. The molecule has 1 amide bonds. The first kappa shape index (κ1) is 19.0. The molecule has 1 aromatic rings. The predicted molar refractivity (Wildman–Crippen MR) is 98.8 cm³/mol. The highest BCUT2D eigenvalue weighted by atomic mass is 32.2. The van der Waals surface area contributed by atoms with E-state index in [0.717, 1.165) is 17.1 Å². The van der Waals surface area contributed by atoms with Gasteiger partial charge in [-0.2, -0.15) is 23.5 Å². The lowest BCUT2D eigenvalue weighted by Gasteiger charge is -2.20. The van der Waals surface area contributed by atoms with E-state index in [1.807, 2.05) is 47.8 Å². The molecule has 24 heavy (non-hydrogen) atoms. The van der Waals surface area contributed by atoms with E-state index >= 15 is 0 Å². The fourth-order valence-electron chi connectivity index (χ4n) is 2.25. The minimum absolute atomic E-state index is 0.101. The number of carbonyl (C=O) groups is 2. The summed E-state index contributed by atoms with van der Waals surface area (Å²) in [6.07, 6.45) is 1.19. The van der Waals surface area contributed by atoms with Crippen molar-refractivity contribution in [3.8, 4) is 5.75 Å². The van der Waals surface area contributed by atoms with Crippen LogP contribution >= 0.6 is 23.5 Å². The van der Waals surface area contributed by atoms with Crippen LogP contribution in [0.25, 0.3) is 0 Å². The largest absolute Gasteiger partial charge is 0.494 e. The van der Waals surface area contributed by atoms with Gasteiger partial charge in [0.1, 0.15) is 5.75 Å². The number of hydrogen-bond acceptors (Lipinski definition) is 5. The minimum Gasteiger partial charge on any atom is -0.494 e. The van der Waals surface area contributed by atoms with Gasteiger partial charge in [0.15, 0.2) is 0 Å². The molecule has 1 aromatic carbocycles. The highest BCUT2D eigenvalue weighted by Crippen LogP contribution is 2.26. The summed E-state index contributed by atoms with van der Waals surface area (Å²) in [6, 6.07) is 7.52. The molecule has 1 unspecified atom stereocenters. The first-order chi connectivity index (χ1) is 11.6. The van der Waals surface area contributed by atoms with E-state index in [-0.39, 0.29) is 12.3 Å². The van der Waals surface area contributed by atoms with Crippen molar-refractivity contribution in [2.24, 2.45) is 0 Å². The molecule has 2 rings (SSSR count). The normalized spacial score (nSPS) is 17.2. The number of carboxylic acid groups (broad SMARTS) is 1. The highest BCUT2D eigenvalue weighted by molar-refractivity contribution is 8.06. The van der Waals surface area contributed by atoms with Gasteiger partial charge in [-0.05, 0) is 24.1 Å². The lowest BCUT2D eigenvalue weighted by Crippen LogP contribution is -2.28. The quantitative estimate of drug-likeness (QED) is 0.652. The number of rotatable bonds is 9. The fourth-order valence-corrected chi connectivity index (χ4v) is 4.93. The molecule has 0 radical (unpaired) electrons. The Kier molecular flexibility index (Phi) is 8.32. The summed E-state index contributed by atoms with van der Waals surface area (Å²) in [5, 5.41) is 12.0. The van der Waals surface area contributed by atoms with E-state index in [4.69, 9.17) is 9.84 Å². The van der Waals surface area contributed by atoms with Crippen molar-refractivity contribution in [2.75, 3.05) is 23.9 Å². The molecule has 132 valence electrons. The van der Waals surface area contributed by atoms with Crippen LogP contribution in [0.3, 0.4) is 0 Å². The minimum atomic E-state index is -0.810. The van der Waals surface area contributed by atoms with Gasteiger partial charge in [0, 0.05) is 41.9 Å². The van der Waals surface area contributed by atoms with Crippen molar-refractivity contribution in [1.82, 2.24) is 5.32 Å². The zero-order chi connectivity index (χ0) is 17.2. The van der Waals surface area contributed by atoms with Crippen LogP contribution in [0.2, 0.25) is 0 Å². The first-order valence-electron chi connectivity index (χ1n) is 8.03. The van der Waals surface area contributed by atoms with E-state index in [9.17, 15) is 9.59 Å². The maximum Gasteiger partial charge on any atom is 0.303 e. The van der Waals surface area contributed by atoms with Crippen molar-refractivity contribution >= 4 is 35.4 Å². The Morgan fingerprint density at radius 3 is 2.71 bits per heavy atom. The van der Waals surface area contributed by atoms with E-state index < -0.39 is 5.97 Å². The highest BCUT2D eigenvalue weighted by Gasteiger charge is 2.17. The Hall–Kier alpha value is -1.34. The van der Waals surface area contributed by atoms with Crippen LogP contribution in [0.15, 0.2) is 24.3 Å². The predicted octanol–water partition coefficient (Wildman–Crippen LogP) is 2.79. The zero-order valence-electron chi connectivity index (χ0n) is 13.5. The summed E-state index contributed by atoms with van der Waals surface area (Å²) in [7, 11) is 0. The molecule has 0 bridgehead atoms. The number of thioether (sulfide) groups is 2. The molecule has 1 heterocycles. The summed E-state index contributed by atoms with van der Waals surface area (Å²) in [6.45, 7) is 0.905. The maximum absolute atomic E-state index is 12.0. The number of amides is 1. The second-order valence-electron chi connectivity index (χ2n) is 5.54. The monoisotopic (exact) mass is 369 g/mol. The van der Waals surface area contributed by atoms with E-state index in [1.165, 1.54) is 5.75 Å². The standard InChI is InChI=1S/C17H23NO4S2/c19-16(10-15-12-23-8-9-24-15)18-11-13-3-5-14(6-4-13)22-7-1-2-17(20)21/h3-6,15H,1-2,7-12H2,(H,18,19)(H,20,21). The fraction of sp³-hybridized carbons (Fsp3) is 0.529. The van der Waals surface area contributed by atoms with Gasteiger partial charge in [-0.1, -0.05) is 12.1 Å². The number of nitrogens with one attached hydrogen (secondary N) is 1. The maximum atomic E-state index is 12.0. The van der Waals surface area contributed by atoms with Crippen molar-refractivity contribution in [1.29, 1.82) is 0 Å². The third-order valence-electron chi connectivity index (χ3n) is 3.51. The van der Waals surface area contributed by atoms with Crippen LogP contribution < -0.4 is 10.1 Å². The number of carboxylic acids is 1. The Bertz CT molecular complexity index is 530. The number of benzene rings is 1. The van der Waals surface area contributed by atoms with Crippen LogP contribution in [-0.2, 0) is 16.1 Å². The number of carbonyl (C=O) groups excluding carboxylic acids is 1. The van der Waals surface area contributed by atoms with Crippen LogP contribution in [0.1, 0.15) is 24.8 Å². The van der Waals surface area contributed by atoms with E-state index in [0.29, 0.717) is 37.0 Å². The molecular weight excluding hydrogens is 346 g/mol. The number of aliphatic carboxylic acids is 1. The summed E-state index contributed by atoms with van der Waals surface area (Å²) in [4.78, 5) is 22.4. The Labute approximate surface area is 150 Å². The summed E-state index contributed by atoms with van der Waals surface area (Å²) in [5.74, 6) is 3.39. The molecule has 0 aromatic heterocycles. The molecule has 1 fully saturated rings. The van der Waals surface area contributed by atoms with Crippen LogP contribution in [0, 0.1) is 0 Å². The van der Waals surface area contributed by atoms with Crippen molar-refractivity contribution < 1.29 is 19.4 Å². The summed E-state index contributed by atoms with van der Waals surface area (Å²) >= 11 is 3.81. The first-order valence-corrected chi connectivity index (χ1v) is 10.2. The number of hydrogen-bond donors (Lipinski definition) is 2. The molecule has 2 N–H and O–H groups in total. The average Bonchev–Trinajstić information content (AvgIpc) is 2.59. The molecule has 1 aliphatic heterocycles. The van der Waals surface area contributed by atoms with Gasteiger partial charge in [-0.15, -0.1) is 0 Å². The van der Waals surface area contributed by atoms with E-state index in [1.54, 1.807) is 0 Å². The molecule has 0 aliphatic carbocycles. The topological polar surface area (TPSA) is 75.6 Å². The van der Waals surface area contributed by atoms with Crippen molar-refractivity contribution in [3.63, 3.8) is 0 Å². The van der Waals surface area contributed by atoms with Crippen LogP contribution in [0.4, 0.5) is 0 Å². The molecule has 0 spiro atoms. The SMILES string of the molecule is O=C(O)CCCOc1ccc(CNC(=O)CC2CSCCS2)cc1. The molecule has 1 atom stereocenters. The third kappa shape index (κ3) is 7.49. The molecule has 7 heteroatoms. The van der Waals surface area contributed by atoms with Gasteiger partial charge in [0.25, 0.3) is 0 Å².